The van der Waals surface area contributed by atoms with E-state index in [9.17, 15) is 10.1 Å². The van der Waals surface area contributed by atoms with E-state index >= 15 is 0 Å². The number of nitrogens with one attached hydrogen (secondary N) is 1. The van der Waals surface area contributed by atoms with Gasteiger partial charge in [-0.15, -0.1) is 0 Å². The third kappa shape index (κ3) is 5.70. The summed E-state index contributed by atoms with van der Waals surface area (Å²) in [4.78, 5) is 15.2. The molecule has 1 N–H and O–H groups in total. The first kappa shape index (κ1) is 26.3. The number of aliphatic imine (C=N–C) groups is 1. The minimum atomic E-state index is -0.415. The summed E-state index contributed by atoms with van der Waals surface area (Å²) in [6, 6.07) is 29.4. The molecule has 206 valence electrons. The Morgan fingerprint density at radius 2 is 1.78 bits per heavy atom. The average Bonchev–Trinajstić information content (AvgIpc) is 3.50. The van der Waals surface area contributed by atoms with Crippen LogP contribution in [0.5, 0.6) is 11.5 Å². The van der Waals surface area contributed by atoms with Gasteiger partial charge in [-0.2, -0.15) is 0 Å². The molecule has 0 saturated carbocycles. The molecule has 0 radical (unpaired) electrons. The number of benzene rings is 4. The molecule has 7 nitrogen and oxygen atoms in total. The van der Waals surface area contributed by atoms with Crippen LogP contribution in [0.3, 0.4) is 0 Å². The largest absolute Gasteiger partial charge is 0.490 e. The second-order valence-electron chi connectivity index (χ2n) is 10.3. The second-order valence-corrected chi connectivity index (χ2v) is 10.3. The number of non-ortho nitro benzene ring substituents is 1. The quantitative estimate of drug-likeness (QED) is 0.0993. The fourth-order valence-corrected chi connectivity index (χ4v) is 5.66. The van der Waals surface area contributed by atoms with Crippen molar-refractivity contribution >= 4 is 23.3 Å². The molecule has 0 bridgehead atoms. The molecule has 41 heavy (non-hydrogen) atoms. The van der Waals surface area contributed by atoms with Crippen LogP contribution in [-0.2, 0) is 6.61 Å². The fraction of sp³-hybridized carbons (Fsp3) is 0.206. The number of nitro groups is 1. The van der Waals surface area contributed by atoms with E-state index < -0.39 is 4.92 Å². The van der Waals surface area contributed by atoms with Crippen molar-refractivity contribution in [2.24, 2.45) is 10.9 Å². The van der Waals surface area contributed by atoms with Crippen molar-refractivity contribution in [1.29, 1.82) is 0 Å². The lowest BCUT2D eigenvalue weighted by atomic mass is 9.77. The summed E-state index contributed by atoms with van der Waals surface area (Å²) >= 11 is 0. The number of rotatable bonds is 9. The zero-order valence-electron chi connectivity index (χ0n) is 22.8. The number of nitro benzene ring substituents is 1. The highest BCUT2D eigenvalue weighted by Crippen LogP contribution is 2.49. The van der Waals surface area contributed by atoms with Crippen LogP contribution in [0.1, 0.15) is 47.6 Å². The van der Waals surface area contributed by atoms with Gasteiger partial charge in [-0.3, -0.25) is 15.1 Å². The summed E-state index contributed by atoms with van der Waals surface area (Å²) in [5, 5.41) is 14.7. The minimum absolute atomic E-state index is 0.0539. The first-order chi connectivity index (χ1) is 20.1. The van der Waals surface area contributed by atoms with Gasteiger partial charge in [0.05, 0.1) is 23.3 Å². The maximum atomic E-state index is 10.9. The van der Waals surface area contributed by atoms with Gasteiger partial charge in [-0.05, 0) is 90.0 Å². The Morgan fingerprint density at radius 1 is 0.976 bits per heavy atom. The lowest BCUT2D eigenvalue weighted by Gasteiger charge is -2.37. The third-order valence-corrected chi connectivity index (χ3v) is 7.70. The third-order valence-electron chi connectivity index (χ3n) is 7.70. The summed E-state index contributed by atoms with van der Waals surface area (Å²) in [5.74, 6) is 2.19. The zero-order valence-corrected chi connectivity index (χ0v) is 22.8. The summed E-state index contributed by atoms with van der Waals surface area (Å²) in [6.45, 7) is 2.69. The molecule has 0 unspecified atom stereocenters. The molecule has 6 rings (SSSR count). The van der Waals surface area contributed by atoms with E-state index in [1.165, 1.54) is 28.9 Å². The van der Waals surface area contributed by atoms with Gasteiger partial charge in [0.1, 0.15) is 6.61 Å². The molecular weight excluding hydrogens is 514 g/mol. The molecule has 1 heterocycles. The first-order valence-electron chi connectivity index (χ1n) is 13.9. The fourth-order valence-electron chi connectivity index (χ4n) is 5.66. The maximum Gasteiger partial charge on any atom is 0.269 e. The van der Waals surface area contributed by atoms with Gasteiger partial charge in [0, 0.05) is 30.0 Å². The molecule has 0 amide bonds. The Labute approximate surface area is 239 Å². The van der Waals surface area contributed by atoms with Crippen LogP contribution in [0, 0.1) is 16.0 Å². The van der Waals surface area contributed by atoms with Crippen molar-refractivity contribution in [2.45, 2.75) is 31.9 Å². The Bertz CT molecular complexity index is 1600. The number of fused-ring (bicyclic) bond motifs is 3. The monoisotopic (exact) mass is 545 g/mol. The SMILES string of the molecule is CCOc1cc(C=Nc2ccc([C@@H]3Nc4ccccc4[C@H]4C=CC[C@H]43)cc2)ccc1OCc1ccc([N+](=O)[O-])cc1. The number of hydrogen-bond acceptors (Lipinski definition) is 6. The van der Waals surface area contributed by atoms with E-state index in [0.29, 0.717) is 29.9 Å². The lowest BCUT2D eigenvalue weighted by Crippen LogP contribution is -2.28. The summed E-state index contributed by atoms with van der Waals surface area (Å²) < 4.78 is 11.8. The zero-order chi connectivity index (χ0) is 28.2. The minimum Gasteiger partial charge on any atom is -0.490 e. The number of allylic oxidation sites excluding steroid dienone is 2. The van der Waals surface area contributed by atoms with Crippen LogP contribution in [-0.4, -0.2) is 17.7 Å². The van der Waals surface area contributed by atoms with Crippen LogP contribution < -0.4 is 14.8 Å². The van der Waals surface area contributed by atoms with E-state index in [0.717, 1.165) is 23.2 Å². The molecule has 4 aromatic carbocycles. The number of anilines is 1. The van der Waals surface area contributed by atoms with Crippen molar-refractivity contribution in [3.63, 3.8) is 0 Å². The topological polar surface area (TPSA) is 86.0 Å². The number of nitrogens with zero attached hydrogens (tertiary/aromatic N) is 2. The van der Waals surface area contributed by atoms with Crippen LogP contribution in [0.25, 0.3) is 0 Å². The maximum absolute atomic E-state index is 10.9. The lowest BCUT2D eigenvalue weighted by molar-refractivity contribution is -0.384. The Kier molecular flexibility index (Phi) is 7.50. The highest BCUT2D eigenvalue weighted by Gasteiger charge is 2.37. The molecule has 1 aliphatic carbocycles. The normalized spacial score (nSPS) is 18.9. The molecule has 1 aliphatic heterocycles. The van der Waals surface area contributed by atoms with Gasteiger partial charge in [0.15, 0.2) is 11.5 Å². The smallest absolute Gasteiger partial charge is 0.269 e. The predicted octanol–water partition coefficient (Wildman–Crippen LogP) is 8.15. The molecule has 0 fully saturated rings. The highest BCUT2D eigenvalue weighted by molar-refractivity contribution is 5.83. The number of ether oxygens (including phenoxy) is 2. The molecule has 0 aromatic heterocycles. The second kappa shape index (κ2) is 11.7. The van der Waals surface area contributed by atoms with Crippen LogP contribution in [0.4, 0.5) is 17.1 Å². The standard InChI is InChI=1S/C34H31N3O4/c1-2-40-33-20-24(12-19-32(33)41-22-23-10-17-27(18-11-23)37(38)39)21-35-26-15-13-25(14-16-26)34-30-8-5-7-28(30)29-6-3-4-9-31(29)36-34/h3-7,9-21,28,30,34,36H,2,8,22H2,1H3/t28-,30-,34+/m1/s1. The molecular formula is C34H31N3O4. The van der Waals surface area contributed by atoms with E-state index in [2.05, 4.69) is 66.0 Å². The Hall–Kier alpha value is -4.91. The van der Waals surface area contributed by atoms with Crippen molar-refractivity contribution in [2.75, 3.05) is 11.9 Å². The van der Waals surface area contributed by atoms with Crippen molar-refractivity contribution in [3.8, 4) is 11.5 Å². The highest BCUT2D eigenvalue weighted by atomic mass is 16.6. The van der Waals surface area contributed by atoms with Crippen molar-refractivity contribution < 1.29 is 14.4 Å². The Balaban J connectivity index is 1.13. The van der Waals surface area contributed by atoms with Crippen LogP contribution >= 0.6 is 0 Å². The van der Waals surface area contributed by atoms with Crippen LogP contribution in [0.2, 0.25) is 0 Å². The molecule has 4 aromatic rings. The molecule has 2 aliphatic rings. The number of para-hydroxylation sites is 1. The predicted molar refractivity (Wildman–Crippen MR) is 162 cm³/mol. The average molecular weight is 546 g/mol. The van der Waals surface area contributed by atoms with E-state index in [1.807, 2.05) is 31.3 Å². The molecule has 0 saturated heterocycles. The summed E-state index contributed by atoms with van der Waals surface area (Å²) in [7, 11) is 0. The number of hydrogen-bond donors (Lipinski definition) is 1. The van der Waals surface area contributed by atoms with Gasteiger partial charge in [0.25, 0.3) is 5.69 Å². The molecule has 7 heteroatoms. The van der Waals surface area contributed by atoms with Crippen LogP contribution in [0.15, 0.2) is 108 Å². The van der Waals surface area contributed by atoms with E-state index in [4.69, 9.17) is 14.5 Å². The van der Waals surface area contributed by atoms with Gasteiger partial charge in [-0.25, -0.2) is 0 Å². The van der Waals surface area contributed by atoms with Gasteiger partial charge < -0.3 is 14.8 Å². The van der Waals surface area contributed by atoms with Crippen molar-refractivity contribution in [3.05, 3.63) is 136 Å². The summed E-state index contributed by atoms with van der Waals surface area (Å²) in [5.41, 5.74) is 6.53. The van der Waals surface area contributed by atoms with Gasteiger partial charge in [-0.1, -0.05) is 42.5 Å². The molecule has 0 spiro atoms. The first-order valence-corrected chi connectivity index (χ1v) is 13.9. The molecule has 3 atom stereocenters. The summed E-state index contributed by atoms with van der Waals surface area (Å²) in [6.07, 6.45) is 7.57. The van der Waals surface area contributed by atoms with E-state index in [-0.39, 0.29) is 18.3 Å². The van der Waals surface area contributed by atoms with Gasteiger partial charge in [0.2, 0.25) is 0 Å². The van der Waals surface area contributed by atoms with Crippen molar-refractivity contribution in [1.82, 2.24) is 0 Å². The van der Waals surface area contributed by atoms with E-state index in [1.54, 1.807) is 12.1 Å². The Morgan fingerprint density at radius 3 is 2.56 bits per heavy atom. The van der Waals surface area contributed by atoms with Gasteiger partial charge >= 0.3 is 0 Å².